The topological polar surface area (TPSA) is 117 Å². The Balaban J connectivity index is 1.54. The highest BCUT2D eigenvalue weighted by Crippen LogP contribution is 2.25. The number of benzene rings is 1. The van der Waals surface area contributed by atoms with Crippen LogP contribution >= 0.6 is 0 Å². The number of rotatable bonds is 6. The van der Waals surface area contributed by atoms with E-state index in [2.05, 4.69) is 35.3 Å². The summed E-state index contributed by atoms with van der Waals surface area (Å²) < 4.78 is 16.0. The van der Waals surface area contributed by atoms with E-state index in [0.717, 1.165) is 31.7 Å². The number of hydrogen-bond donors (Lipinski definition) is 2. The lowest BCUT2D eigenvalue weighted by molar-refractivity contribution is 0.121. The number of morpholine rings is 2. The number of aromatic nitrogens is 3. The van der Waals surface area contributed by atoms with Gasteiger partial charge in [0.25, 0.3) is 0 Å². The fraction of sp³-hybridized carbons (Fsp3) is 0.474. The Bertz CT molecular complexity index is 847. The molecule has 11 nitrogen and oxygen atoms in total. The number of nitrogens with one attached hydrogen (secondary N) is 1. The first kappa shape index (κ1) is 20.1. The lowest BCUT2D eigenvalue weighted by Crippen LogP contribution is -2.40. The van der Waals surface area contributed by atoms with Crippen LogP contribution in [0.5, 0.6) is 11.5 Å². The Morgan fingerprint density at radius 1 is 1.00 bits per heavy atom. The summed E-state index contributed by atoms with van der Waals surface area (Å²) in [5.41, 5.74) is 3.65. The molecular formula is C19H25N7O4. The molecule has 0 saturated carbocycles. The maximum atomic E-state index is 9.71. The molecule has 160 valence electrons. The maximum Gasteiger partial charge on any atom is 0.250 e. The van der Waals surface area contributed by atoms with Crippen molar-refractivity contribution in [2.24, 2.45) is 5.10 Å². The van der Waals surface area contributed by atoms with Gasteiger partial charge in [0, 0.05) is 26.2 Å². The number of hydrazone groups is 1. The predicted octanol–water partition coefficient (Wildman–Crippen LogP) is 0.705. The van der Waals surface area contributed by atoms with Crippen LogP contribution in [0, 0.1) is 0 Å². The molecular weight excluding hydrogens is 390 g/mol. The standard InChI is InChI=1S/C19H25N7O4/c1-28-16-12-14(2-3-15(16)27)13-20-24-17-21-18(25-4-8-29-9-5-25)23-19(22-17)26-6-10-30-11-7-26/h2-3,12-13,27H,4-11H2,1H3,(H,21,22,23,24)/b20-13+. The van der Waals surface area contributed by atoms with E-state index in [0.29, 0.717) is 50.0 Å². The van der Waals surface area contributed by atoms with Gasteiger partial charge in [0.15, 0.2) is 11.5 Å². The third-order valence-electron chi connectivity index (χ3n) is 4.78. The average Bonchev–Trinajstić information content (AvgIpc) is 2.81. The zero-order valence-corrected chi connectivity index (χ0v) is 16.8. The van der Waals surface area contributed by atoms with Gasteiger partial charge < -0.3 is 29.1 Å². The third-order valence-corrected chi connectivity index (χ3v) is 4.78. The third kappa shape index (κ3) is 4.86. The minimum Gasteiger partial charge on any atom is -0.504 e. The summed E-state index contributed by atoms with van der Waals surface area (Å²) in [4.78, 5) is 17.9. The van der Waals surface area contributed by atoms with Crippen molar-refractivity contribution in [3.05, 3.63) is 23.8 Å². The number of anilines is 3. The van der Waals surface area contributed by atoms with Crippen LogP contribution in [-0.2, 0) is 9.47 Å². The number of aromatic hydroxyl groups is 1. The fourth-order valence-electron chi connectivity index (χ4n) is 3.15. The van der Waals surface area contributed by atoms with Gasteiger partial charge >= 0.3 is 0 Å². The van der Waals surface area contributed by atoms with Gasteiger partial charge in [-0.15, -0.1) is 0 Å². The zero-order chi connectivity index (χ0) is 20.8. The number of phenols is 1. The average molecular weight is 415 g/mol. The van der Waals surface area contributed by atoms with Gasteiger partial charge in [0.05, 0.1) is 39.8 Å². The smallest absolute Gasteiger partial charge is 0.250 e. The largest absolute Gasteiger partial charge is 0.504 e. The van der Waals surface area contributed by atoms with Gasteiger partial charge in [-0.05, 0) is 23.8 Å². The second-order valence-corrected chi connectivity index (χ2v) is 6.76. The van der Waals surface area contributed by atoms with Gasteiger partial charge in [-0.25, -0.2) is 5.43 Å². The molecule has 2 N–H and O–H groups in total. The molecule has 2 saturated heterocycles. The molecule has 0 atom stereocenters. The van der Waals surface area contributed by atoms with Crippen LogP contribution in [0.4, 0.5) is 17.8 Å². The molecule has 2 aliphatic heterocycles. The molecule has 2 fully saturated rings. The number of hydrogen-bond acceptors (Lipinski definition) is 11. The molecule has 11 heteroatoms. The minimum atomic E-state index is 0.0744. The van der Waals surface area contributed by atoms with Crippen molar-refractivity contribution >= 4 is 24.1 Å². The minimum absolute atomic E-state index is 0.0744. The Kier molecular flexibility index (Phi) is 6.40. The summed E-state index contributed by atoms with van der Waals surface area (Å²) >= 11 is 0. The monoisotopic (exact) mass is 415 g/mol. The van der Waals surface area contributed by atoms with Crippen LogP contribution in [0.2, 0.25) is 0 Å². The maximum absolute atomic E-state index is 9.71. The highest BCUT2D eigenvalue weighted by atomic mass is 16.5. The van der Waals surface area contributed by atoms with E-state index >= 15 is 0 Å². The Morgan fingerprint density at radius 2 is 1.60 bits per heavy atom. The van der Waals surface area contributed by atoms with Crippen molar-refractivity contribution in [2.75, 3.05) is 74.9 Å². The van der Waals surface area contributed by atoms with Crippen LogP contribution in [-0.4, -0.2) is 86.0 Å². The molecule has 0 spiro atoms. The molecule has 0 bridgehead atoms. The number of ether oxygens (including phenoxy) is 3. The summed E-state index contributed by atoms with van der Waals surface area (Å²) in [5.74, 6) is 2.00. The summed E-state index contributed by atoms with van der Waals surface area (Å²) in [7, 11) is 1.50. The number of methoxy groups -OCH3 is 1. The van der Waals surface area contributed by atoms with E-state index in [1.165, 1.54) is 7.11 Å². The lowest BCUT2D eigenvalue weighted by atomic mass is 10.2. The van der Waals surface area contributed by atoms with Gasteiger partial charge in [0.2, 0.25) is 17.8 Å². The summed E-state index contributed by atoms with van der Waals surface area (Å²) in [6.07, 6.45) is 1.61. The molecule has 4 rings (SSSR count). The van der Waals surface area contributed by atoms with Crippen molar-refractivity contribution in [3.8, 4) is 11.5 Å². The zero-order valence-electron chi connectivity index (χ0n) is 16.8. The first-order valence-electron chi connectivity index (χ1n) is 9.80. The summed E-state index contributed by atoms with van der Waals surface area (Å²) in [6, 6.07) is 4.97. The van der Waals surface area contributed by atoms with Crippen molar-refractivity contribution in [1.29, 1.82) is 0 Å². The highest BCUT2D eigenvalue weighted by molar-refractivity contribution is 5.81. The molecule has 30 heavy (non-hydrogen) atoms. The van der Waals surface area contributed by atoms with Crippen molar-refractivity contribution in [2.45, 2.75) is 0 Å². The molecule has 2 aliphatic rings. The van der Waals surface area contributed by atoms with E-state index in [1.54, 1.807) is 24.4 Å². The quantitative estimate of drug-likeness (QED) is 0.516. The molecule has 1 aromatic heterocycles. The van der Waals surface area contributed by atoms with Crippen LogP contribution in [0.3, 0.4) is 0 Å². The van der Waals surface area contributed by atoms with Crippen LogP contribution in [0.25, 0.3) is 0 Å². The number of nitrogens with zero attached hydrogens (tertiary/aromatic N) is 6. The molecule has 0 aliphatic carbocycles. The first-order valence-corrected chi connectivity index (χ1v) is 9.80. The molecule has 0 radical (unpaired) electrons. The van der Waals surface area contributed by atoms with E-state index in [9.17, 15) is 5.11 Å². The summed E-state index contributed by atoms with van der Waals surface area (Å²) in [6.45, 7) is 5.46. The van der Waals surface area contributed by atoms with Gasteiger partial charge in [0.1, 0.15) is 0 Å². The van der Waals surface area contributed by atoms with E-state index in [1.807, 2.05) is 0 Å². The molecule has 0 unspecified atom stereocenters. The highest BCUT2D eigenvalue weighted by Gasteiger charge is 2.20. The van der Waals surface area contributed by atoms with Gasteiger partial charge in [-0.3, -0.25) is 0 Å². The SMILES string of the molecule is COc1cc(/C=N/Nc2nc(N3CCOCC3)nc(N3CCOCC3)n2)ccc1O. The molecule has 3 heterocycles. The second-order valence-electron chi connectivity index (χ2n) is 6.76. The Hall–Kier alpha value is -3.18. The number of phenolic OH excluding ortho intramolecular Hbond substituents is 1. The van der Waals surface area contributed by atoms with Crippen LogP contribution < -0.4 is 20.0 Å². The van der Waals surface area contributed by atoms with Crippen molar-refractivity contribution in [3.63, 3.8) is 0 Å². The Morgan fingerprint density at radius 3 is 2.17 bits per heavy atom. The molecule has 2 aromatic rings. The van der Waals surface area contributed by atoms with E-state index < -0.39 is 0 Å². The van der Waals surface area contributed by atoms with Crippen molar-refractivity contribution in [1.82, 2.24) is 15.0 Å². The van der Waals surface area contributed by atoms with E-state index in [-0.39, 0.29) is 5.75 Å². The second kappa shape index (κ2) is 9.55. The lowest BCUT2D eigenvalue weighted by Gasteiger charge is -2.30. The van der Waals surface area contributed by atoms with E-state index in [4.69, 9.17) is 14.2 Å². The molecule has 1 aromatic carbocycles. The van der Waals surface area contributed by atoms with Crippen LogP contribution in [0.15, 0.2) is 23.3 Å². The first-order chi connectivity index (χ1) is 14.7. The van der Waals surface area contributed by atoms with Crippen molar-refractivity contribution < 1.29 is 19.3 Å². The van der Waals surface area contributed by atoms with Gasteiger partial charge in [-0.1, -0.05) is 0 Å². The normalized spacial score (nSPS) is 17.4. The molecule has 0 amide bonds. The predicted molar refractivity (Wildman–Crippen MR) is 112 cm³/mol. The summed E-state index contributed by atoms with van der Waals surface area (Å²) in [5, 5.41) is 13.9. The van der Waals surface area contributed by atoms with Gasteiger partial charge in [-0.2, -0.15) is 20.1 Å². The van der Waals surface area contributed by atoms with Crippen LogP contribution in [0.1, 0.15) is 5.56 Å². The fourth-order valence-corrected chi connectivity index (χ4v) is 3.15. The Labute approximate surface area is 174 Å².